The Kier molecular flexibility index (Phi) is 4.28. The Bertz CT molecular complexity index is 224. The Labute approximate surface area is 94.4 Å². The van der Waals surface area contributed by atoms with E-state index in [0.717, 1.165) is 0 Å². The Morgan fingerprint density at radius 1 is 1.06 bits per heavy atom. The van der Waals surface area contributed by atoms with Crippen LogP contribution in [0.25, 0.3) is 0 Å². The standard InChI is InChI=1S/C10H20O6/c1-10(2,3)16-9-8(14)7(13)6(12)5(4-11)15-9/h5-9,11-14H,4H2,1-3H3/t5?,6-,7?,8?,9+/m0/s1. The monoisotopic (exact) mass is 236 g/mol. The van der Waals surface area contributed by atoms with Crippen LogP contribution in [0.5, 0.6) is 0 Å². The summed E-state index contributed by atoms with van der Waals surface area (Å²) in [4.78, 5) is 0. The van der Waals surface area contributed by atoms with E-state index in [1.54, 1.807) is 20.8 Å². The Morgan fingerprint density at radius 2 is 1.62 bits per heavy atom. The number of hydrogen-bond donors (Lipinski definition) is 4. The molecule has 0 bridgehead atoms. The van der Waals surface area contributed by atoms with Crippen LogP contribution in [0.2, 0.25) is 0 Å². The van der Waals surface area contributed by atoms with Gasteiger partial charge in [-0.3, -0.25) is 0 Å². The second kappa shape index (κ2) is 4.95. The third-order valence-corrected chi connectivity index (χ3v) is 2.32. The predicted molar refractivity (Wildman–Crippen MR) is 54.6 cm³/mol. The van der Waals surface area contributed by atoms with Gasteiger partial charge in [-0.15, -0.1) is 0 Å². The summed E-state index contributed by atoms with van der Waals surface area (Å²) in [5.41, 5.74) is -0.562. The molecule has 0 saturated carbocycles. The molecule has 4 N–H and O–H groups in total. The van der Waals surface area contributed by atoms with E-state index in [4.69, 9.17) is 14.6 Å². The van der Waals surface area contributed by atoms with E-state index < -0.39 is 42.9 Å². The number of aliphatic hydroxyl groups is 4. The highest BCUT2D eigenvalue weighted by Gasteiger charge is 2.45. The van der Waals surface area contributed by atoms with Gasteiger partial charge in [0.2, 0.25) is 0 Å². The van der Waals surface area contributed by atoms with Gasteiger partial charge >= 0.3 is 0 Å². The summed E-state index contributed by atoms with van der Waals surface area (Å²) in [5.74, 6) is 0. The first kappa shape index (κ1) is 13.8. The van der Waals surface area contributed by atoms with Crippen molar-refractivity contribution in [1.29, 1.82) is 0 Å². The first-order chi connectivity index (χ1) is 7.26. The van der Waals surface area contributed by atoms with E-state index in [2.05, 4.69) is 0 Å². The van der Waals surface area contributed by atoms with Gasteiger partial charge in [-0.1, -0.05) is 0 Å². The lowest BCUT2D eigenvalue weighted by atomic mass is 9.99. The van der Waals surface area contributed by atoms with Gasteiger partial charge in [-0.2, -0.15) is 0 Å². The molecular formula is C10H20O6. The smallest absolute Gasteiger partial charge is 0.187 e. The van der Waals surface area contributed by atoms with Gasteiger partial charge in [0.25, 0.3) is 0 Å². The fourth-order valence-electron chi connectivity index (χ4n) is 1.51. The molecule has 0 radical (unpaired) electrons. The quantitative estimate of drug-likeness (QED) is 0.471. The highest BCUT2D eigenvalue weighted by atomic mass is 16.7. The molecule has 0 aromatic carbocycles. The zero-order valence-electron chi connectivity index (χ0n) is 9.70. The summed E-state index contributed by atoms with van der Waals surface area (Å²) < 4.78 is 10.6. The van der Waals surface area contributed by atoms with Crippen molar-refractivity contribution in [2.75, 3.05) is 6.61 Å². The van der Waals surface area contributed by atoms with Crippen molar-refractivity contribution >= 4 is 0 Å². The van der Waals surface area contributed by atoms with Crippen LogP contribution in [0, 0.1) is 0 Å². The van der Waals surface area contributed by atoms with E-state index in [1.807, 2.05) is 0 Å². The molecule has 1 aliphatic heterocycles. The lowest BCUT2D eigenvalue weighted by Crippen LogP contribution is -2.60. The van der Waals surface area contributed by atoms with Gasteiger partial charge in [0, 0.05) is 0 Å². The molecule has 16 heavy (non-hydrogen) atoms. The van der Waals surface area contributed by atoms with Crippen molar-refractivity contribution in [3.8, 4) is 0 Å². The molecule has 3 unspecified atom stereocenters. The first-order valence-electron chi connectivity index (χ1n) is 5.24. The Morgan fingerprint density at radius 3 is 2.06 bits per heavy atom. The summed E-state index contributed by atoms with van der Waals surface area (Å²) >= 11 is 0. The van der Waals surface area contributed by atoms with Crippen LogP contribution < -0.4 is 0 Å². The van der Waals surface area contributed by atoms with Crippen molar-refractivity contribution in [3.63, 3.8) is 0 Å². The third-order valence-electron chi connectivity index (χ3n) is 2.32. The average molecular weight is 236 g/mol. The number of aliphatic hydroxyl groups excluding tert-OH is 4. The average Bonchev–Trinajstić information content (AvgIpc) is 2.17. The molecule has 0 aromatic heterocycles. The zero-order chi connectivity index (χ0) is 12.5. The molecular weight excluding hydrogens is 216 g/mol. The molecule has 0 spiro atoms. The maximum Gasteiger partial charge on any atom is 0.187 e. The topological polar surface area (TPSA) is 99.4 Å². The summed E-state index contributed by atoms with van der Waals surface area (Å²) in [6.45, 7) is 4.87. The molecule has 5 atom stereocenters. The summed E-state index contributed by atoms with van der Waals surface area (Å²) in [6, 6.07) is 0. The molecule has 1 fully saturated rings. The van der Waals surface area contributed by atoms with E-state index in [0.29, 0.717) is 0 Å². The van der Waals surface area contributed by atoms with E-state index in [-0.39, 0.29) is 0 Å². The molecule has 1 heterocycles. The summed E-state index contributed by atoms with van der Waals surface area (Å²) in [6.07, 6.45) is -6.06. The Hall–Kier alpha value is -0.240. The van der Waals surface area contributed by atoms with Crippen LogP contribution in [0.1, 0.15) is 20.8 Å². The van der Waals surface area contributed by atoms with Crippen LogP contribution in [0.15, 0.2) is 0 Å². The molecule has 0 aliphatic carbocycles. The second-order valence-corrected chi connectivity index (χ2v) is 4.93. The molecule has 6 heteroatoms. The van der Waals surface area contributed by atoms with Crippen molar-refractivity contribution in [2.45, 2.75) is 57.1 Å². The number of rotatable bonds is 2. The van der Waals surface area contributed by atoms with Gasteiger partial charge in [0.05, 0.1) is 12.2 Å². The highest BCUT2D eigenvalue weighted by molar-refractivity contribution is 4.89. The molecule has 6 nitrogen and oxygen atoms in total. The maximum atomic E-state index is 9.64. The Balaban J connectivity index is 2.71. The molecule has 1 rings (SSSR count). The van der Waals surface area contributed by atoms with Gasteiger partial charge < -0.3 is 29.9 Å². The molecule has 0 amide bonds. The van der Waals surface area contributed by atoms with Crippen molar-refractivity contribution in [2.24, 2.45) is 0 Å². The van der Waals surface area contributed by atoms with Crippen LogP contribution in [0.3, 0.4) is 0 Å². The number of ether oxygens (including phenoxy) is 2. The van der Waals surface area contributed by atoms with Gasteiger partial charge in [0.1, 0.15) is 24.4 Å². The van der Waals surface area contributed by atoms with Crippen LogP contribution in [-0.4, -0.2) is 63.3 Å². The van der Waals surface area contributed by atoms with Crippen molar-refractivity contribution < 1.29 is 29.9 Å². The van der Waals surface area contributed by atoms with Gasteiger partial charge in [-0.05, 0) is 20.8 Å². The predicted octanol–water partition coefficient (Wildman–Crippen LogP) is -1.40. The highest BCUT2D eigenvalue weighted by Crippen LogP contribution is 2.25. The lowest BCUT2D eigenvalue weighted by Gasteiger charge is -2.41. The minimum atomic E-state index is -1.39. The minimum absolute atomic E-state index is 0.449. The van der Waals surface area contributed by atoms with Crippen LogP contribution in [0.4, 0.5) is 0 Å². The number of hydrogen-bond acceptors (Lipinski definition) is 6. The normalized spacial score (nSPS) is 41.1. The van der Waals surface area contributed by atoms with Crippen LogP contribution >= 0.6 is 0 Å². The van der Waals surface area contributed by atoms with Crippen molar-refractivity contribution in [3.05, 3.63) is 0 Å². The van der Waals surface area contributed by atoms with Gasteiger partial charge in [0.15, 0.2) is 6.29 Å². The zero-order valence-corrected chi connectivity index (χ0v) is 9.70. The van der Waals surface area contributed by atoms with Gasteiger partial charge in [-0.25, -0.2) is 0 Å². The molecule has 1 aliphatic rings. The summed E-state index contributed by atoms with van der Waals surface area (Å²) in [7, 11) is 0. The first-order valence-corrected chi connectivity index (χ1v) is 5.24. The van der Waals surface area contributed by atoms with Crippen LogP contribution in [-0.2, 0) is 9.47 Å². The largest absolute Gasteiger partial charge is 0.394 e. The van der Waals surface area contributed by atoms with E-state index >= 15 is 0 Å². The molecule has 0 aromatic rings. The van der Waals surface area contributed by atoms with Crippen molar-refractivity contribution in [1.82, 2.24) is 0 Å². The van der Waals surface area contributed by atoms with E-state index in [9.17, 15) is 15.3 Å². The molecule has 1 saturated heterocycles. The lowest BCUT2D eigenvalue weighted by molar-refractivity contribution is -0.320. The second-order valence-electron chi connectivity index (χ2n) is 4.93. The molecule has 96 valence electrons. The fourth-order valence-corrected chi connectivity index (χ4v) is 1.51. The minimum Gasteiger partial charge on any atom is -0.394 e. The maximum absolute atomic E-state index is 9.64. The fraction of sp³-hybridized carbons (Fsp3) is 1.00. The van der Waals surface area contributed by atoms with E-state index in [1.165, 1.54) is 0 Å². The SMILES string of the molecule is CC(C)(C)O[C@H]1OC(CO)[C@H](O)C(O)C1O. The summed E-state index contributed by atoms with van der Waals surface area (Å²) in [5, 5.41) is 37.6. The third kappa shape index (κ3) is 3.13.